The Morgan fingerprint density at radius 3 is 2.40 bits per heavy atom. The summed E-state index contributed by atoms with van der Waals surface area (Å²) in [6.07, 6.45) is -2.48. The summed E-state index contributed by atoms with van der Waals surface area (Å²) in [5, 5.41) is 18.6. The predicted molar refractivity (Wildman–Crippen MR) is 32.7 cm³/mol. The van der Waals surface area contributed by atoms with Crippen LogP contribution in [0.3, 0.4) is 0 Å². The number of carbonyl (C=O) groups excluding carboxylic acids is 1. The molecule has 10 heavy (non-hydrogen) atoms. The van der Waals surface area contributed by atoms with E-state index >= 15 is 0 Å². The Kier molecular flexibility index (Phi) is 3.42. The van der Waals surface area contributed by atoms with Crippen LogP contribution in [0, 0.1) is 0 Å². The van der Waals surface area contributed by atoms with Gasteiger partial charge in [-0.25, -0.2) is 4.79 Å². The molecule has 0 rings (SSSR count). The largest absolute Gasteiger partial charge is 0.465 e. The standard InChI is InChI=1S/C5H9NO4/c1-3(7)4(8)2-6-5(9)10/h4,6,8H,2H2,1H3,(H,9,10). The number of carbonyl (C=O) groups is 2. The van der Waals surface area contributed by atoms with Crippen molar-refractivity contribution >= 4 is 11.9 Å². The van der Waals surface area contributed by atoms with E-state index in [1.54, 1.807) is 0 Å². The maximum absolute atomic E-state index is 10.3. The first-order chi connectivity index (χ1) is 4.54. The Hall–Kier alpha value is -1.10. The van der Waals surface area contributed by atoms with E-state index in [4.69, 9.17) is 10.2 Å². The highest BCUT2D eigenvalue weighted by molar-refractivity contribution is 5.80. The van der Waals surface area contributed by atoms with Gasteiger partial charge in [-0.3, -0.25) is 4.79 Å². The van der Waals surface area contributed by atoms with E-state index in [1.807, 2.05) is 5.32 Å². The molecule has 0 fully saturated rings. The number of ketones is 1. The van der Waals surface area contributed by atoms with E-state index in [1.165, 1.54) is 6.92 Å². The number of aliphatic hydroxyl groups is 1. The van der Waals surface area contributed by atoms with E-state index in [2.05, 4.69) is 0 Å². The summed E-state index contributed by atoms with van der Waals surface area (Å²) in [4.78, 5) is 20.1. The summed E-state index contributed by atoms with van der Waals surface area (Å²) in [6, 6.07) is 0. The van der Waals surface area contributed by atoms with Gasteiger partial charge in [0.2, 0.25) is 0 Å². The average molecular weight is 147 g/mol. The minimum Gasteiger partial charge on any atom is -0.465 e. The van der Waals surface area contributed by atoms with Crippen LogP contribution in [0.25, 0.3) is 0 Å². The number of aliphatic hydroxyl groups excluding tert-OH is 1. The molecular formula is C5H9NO4. The molecule has 0 saturated heterocycles. The minimum atomic E-state index is -1.25. The highest BCUT2D eigenvalue weighted by Gasteiger charge is 2.09. The van der Waals surface area contributed by atoms with Gasteiger partial charge < -0.3 is 15.5 Å². The molecule has 0 radical (unpaired) electrons. The fourth-order valence-corrected chi connectivity index (χ4v) is 0.328. The van der Waals surface area contributed by atoms with Crippen LogP contribution >= 0.6 is 0 Å². The summed E-state index contributed by atoms with van der Waals surface area (Å²) in [6.45, 7) is 0.943. The molecular weight excluding hydrogens is 138 g/mol. The van der Waals surface area contributed by atoms with Crippen LogP contribution in [0.15, 0.2) is 0 Å². The lowest BCUT2D eigenvalue weighted by Gasteiger charge is -2.04. The molecule has 58 valence electrons. The van der Waals surface area contributed by atoms with E-state index in [0.29, 0.717) is 0 Å². The fraction of sp³-hybridized carbons (Fsp3) is 0.600. The van der Waals surface area contributed by atoms with Crippen LogP contribution in [-0.2, 0) is 4.79 Å². The monoisotopic (exact) mass is 147 g/mol. The molecule has 0 aliphatic heterocycles. The van der Waals surface area contributed by atoms with Crippen LogP contribution in [0.2, 0.25) is 0 Å². The zero-order chi connectivity index (χ0) is 8.15. The first kappa shape index (κ1) is 8.90. The van der Waals surface area contributed by atoms with E-state index < -0.39 is 18.0 Å². The van der Waals surface area contributed by atoms with Crippen molar-refractivity contribution in [3.63, 3.8) is 0 Å². The average Bonchev–Trinajstić information content (AvgIpc) is 1.82. The van der Waals surface area contributed by atoms with Crippen molar-refractivity contribution < 1.29 is 19.8 Å². The van der Waals surface area contributed by atoms with Gasteiger partial charge in [0.05, 0.1) is 6.54 Å². The van der Waals surface area contributed by atoms with Gasteiger partial charge in [0.1, 0.15) is 6.10 Å². The lowest BCUT2D eigenvalue weighted by molar-refractivity contribution is -0.124. The topological polar surface area (TPSA) is 86.6 Å². The van der Waals surface area contributed by atoms with Crippen molar-refractivity contribution in [1.82, 2.24) is 5.32 Å². The molecule has 1 amide bonds. The number of amides is 1. The molecule has 0 aromatic carbocycles. The molecule has 0 aliphatic carbocycles. The molecule has 1 unspecified atom stereocenters. The maximum atomic E-state index is 10.3. The second kappa shape index (κ2) is 3.84. The Morgan fingerprint density at radius 2 is 2.10 bits per heavy atom. The summed E-state index contributed by atoms with van der Waals surface area (Å²) in [7, 11) is 0. The van der Waals surface area contributed by atoms with Gasteiger partial charge in [-0.15, -0.1) is 0 Å². The highest BCUT2D eigenvalue weighted by Crippen LogP contribution is 1.81. The minimum absolute atomic E-state index is 0.245. The lowest BCUT2D eigenvalue weighted by atomic mass is 10.2. The van der Waals surface area contributed by atoms with Gasteiger partial charge in [-0.1, -0.05) is 0 Å². The van der Waals surface area contributed by atoms with Crippen LogP contribution in [-0.4, -0.2) is 34.7 Å². The second-order valence-electron chi connectivity index (χ2n) is 1.81. The zero-order valence-corrected chi connectivity index (χ0v) is 5.50. The first-order valence-electron chi connectivity index (χ1n) is 2.69. The van der Waals surface area contributed by atoms with E-state index in [-0.39, 0.29) is 6.54 Å². The molecule has 3 N–H and O–H groups in total. The Balaban J connectivity index is 3.49. The molecule has 5 nitrogen and oxygen atoms in total. The first-order valence-corrected chi connectivity index (χ1v) is 2.69. The van der Waals surface area contributed by atoms with Crippen LogP contribution < -0.4 is 5.32 Å². The number of nitrogens with one attached hydrogen (secondary N) is 1. The van der Waals surface area contributed by atoms with E-state index in [0.717, 1.165) is 0 Å². The third-order valence-corrected chi connectivity index (χ3v) is 0.916. The summed E-state index contributed by atoms with van der Waals surface area (Å²) in [5.74, 6) is -0.450. The van der Waals surface area contributed by atoms with Crippen LogP contribution in [0.1, 0.15) is 6.92 Å². The molecule has 0 aliphatic rings. The van der Waals surface area contributed by atoms with Gasteiger partial charge >= 0.3 is 6.09 Å². The van der Waals surface area contributed by atoms with Crippen molar-refractivity contribution in [3.05, 3.63) is 0 Å². The van der Waals surface area contributed by atoms with Gasteiger partial charge in [-0.2, -0.15) is 0 Å². The molecule has 0 saturated carbocycles. The maximum Gasteiger partial charge on any atom is 0.404 e. The number of hydrogen-bond donors (Lipinski definition) is 3. The molecule has 5 heteroatoms. The number of rotatable bonds is 3. The number of Topliss-reactive ketones (excluding diaryl/α,β-unsaturated/α-hetero) is 1. The van der Waals surface area contributed by atoms with Gasteiger partial charge in [0.15, 0.2) is 5.78 Å². The molecule has 0 heterocycles. The molecule has 0 aromatic rings. The highest BCUT2D eigenvalue weighted by atomic mass is 16.4. The Morgan fingerprint density at radius 1 is 1.60 bits per heavy atom. The smallest absolute Gasteiger partial charge is 0.404 e. The van der Waals surface area contributed by atoms with Crippen molar-refractivity contribution in [2.75, 3.05) is 6.54 Å². The zero-order valence-electron chi connectivity index (χ0n) is 5.50. The summed E-state index contributed by atoms with van der Waals surface area (Å²) in [5.41, 5.74) is 0. The van der Waals surface area contributed by atoms with Crippen molar-refractivity contribution in [1.29, 1.82) is 0 Å². The lowest BCUT2D eigenvalue weighted by Crippen LogP contribution is -2.34. The van der Waals surface area contributed by atoms with E-state index in [9.17, 15) is 9.59 Å². The summed E-state index contributed by atoms with van der Waals surface area (Å²) < 4.78 is 0. The Labute approximate surface area is 57.7 Å². The molecule has 0 aromatic heterocycles. The predicted octanol–water partition coefficient (Wildman–Crippen LogP) is -0.796. The van der Waals surface area contributed by atoms with Gasteiger partial charge in [0.25, 0.3) is 0 Å². The summed E-state index contributed by atoms with van der Waals surface area (Å²) >= 11 is 0. The Bertz CT molecular complexity index is 145. The quantitative estimate of drug-likeness (QED) is 0.488. The SMILES string of the molecule is CC(=O)C(O)CNC(=O)O. The van der Waals surface area contributed by atoms with Gasteiger partial charge in [-0.05, 0) is 6.92 Å². The fourth-order valence-electron chi connectivity index (χ4n) is 0.328. The number of hydrogen-bond acceptors (Lipinski definition) is 3. The molecule has 0 spiro atoms. The van der Waals surface area contributed by atoms with Crippen LogP contribution in [0.5, 0.6) is 0 Å². The molecule has 1 atom stereocenters. The third kappa shape index (κ3) is 3.85. The van der Waals surface area contributed by atoms with Crippen molar-refractivity contribution in [3.8, 4) is 0 Å². The van der Waals surface area contributed by atoms with Crippen molar-refractivity contribution in [2.45, 2.75) is 13.0 Å². The van der Waals surface area contributed by atoms with Crippen LogP contribution in [0.4, 0.5) is 4.79 Å². The third-order valence-electron chi connectivity index (χ3n) is 0.916. The van der Waals surface area contributed by atoms with Crippen molar-refractivity contribution in [2.24, 2.45) is 0 Å². The number of carboxylic acid groups (broad SMARTS) is 1. The normalized spacial score (nSPS) is 12.2. The van der Waals surface area contributed by atoms with Gasteiger partial charge in [0, 0.05) is 0 Å². The molecule has 0 bridgehead atoms. The second-order valence-corrected chi connectivity index (χ2v) is 1.81.